The molecule has 0 saturated heterocycles. The van der Waals surface area contributed by atoms with Gasteiger partial charge in [0.25, 0.3) is 0 Å². The molecule has 1 nitrogen and oxygen atoms in total. The van der Waals surface area contributed by atoms with E-state index in [9.17, 15) is 0 Å². The molecule has 1 aromatic heterocycles. The number of furan rings is 1. The largest absolute Gasteiger partial charge is 0.455 e. The van der Waals surface area contributed by atoms with Gasteiger partial charge in [0.2, 0.25) is 0 Å². The van der Waals surface area contributed by atoms with E-state index in [1.165, 1.54) is 76.5 Å². The summed E-state index contributed by atoms with van der Waals surface area (Å²) in [4.78, 5) is 0. The van der Waals surface area contributed by atoms with E-state index in [0.717, 1.165) is 33.1 Å². The van der Waals surface area contributed by atoms with Crippen LogP contribution in [-0.2, 0) is 0 Å². The summed E-state index contributed by atoms with van der Waals surface area (Å²) in [5.74, 6) is 0. The summed E-state index contributed by atoms with van der Waals surface area (Å²) in [6.45, 7) is 0. The van der Waals surface area contributed by atoms with Gasteiger partial charge in [-0.15, -0.1) is 0 Å². The maximum absolute atomic E-state index is 6.79. The molecule has 0 aliphatic heterocycles. The minimum atomic E-state index is 0.894. The topological polar surface area (TPSA) is 13.1 Å². The number of fused-ring (bicyclic) bond motifs is 8. The maximum atomic E-state index is 6.79. The number of para-hydroxylation sites is 1. The first kappa shape index (κ1) is 29.7. The van der Waals surface area contributed by atoms with Crippen molar-refractivity contribution in [3.05, 3.63) is 194 Å². The molecular weight excluding hydrogens is 641 g/mol. The van der Waals surface area contributed by atoms with Crippen LogP contribution in [0.5, 0.6) is 0 Å². The lowest BCUT2D eigenvalue weighted by molar-refractivity contribution is 0.670. The van der Waals surface area contributed by atoms with Crippen molar-refractivity contribution in [1.29, 1.82) is 0 Å². The molecule has 0 aliphatic rings. The summed E-state index contributed by atoms with van der Waals surface area (Å²) in [7, 11) is 0. The van der Waals surface area contributed by atoms with Gasteiger partial charge in [-0.2, -0.15) is 0 Å². The Bertz CT molecular complexity index is 3210. The van der Waals surface area contributed by atoms with Gasteiger partial charge in [0, 0.05) is 16.3 Å². The van der Waals surface area contributed by atoms with Crippen LogP contribution >= 0.6 is 0 Å². The first-order chi connectivity index (χ1) is 26.3. The van der Waals surface area contributed by atoms with Crippen molar-refractivity contribution in [3.8, 4) is 44.5 Å². The average molecular weight is 673 g/mol. The molecule has 0 radical (unpaired) electrons. The highest BCUT2D eigenvalue weighted by Crippen LogP contribution is 2.51. The highest BCUT2D eigenvalue weighted by Gasteiger charge is 2.24. The average Bonchev–Trinajstić information content (AvgIpc) is 3.63. The van der Waals surface area contributed by atoms with Gasteiger partial charge in [-0.05, 0) is 94.2 Å². The monoisotopic (exact) mass is 672 g/mol. The highest BCUT2D eigenvalue weighted by atomic mass is 16.3. The zero-order valence-corrected chi connectivity index (χ0v) is 28.9. The van der Waals surface area contributed by atoms with Crippen LogP contribution in [0.25, 0.3) is 110 Å². The molecular formula is C52H32O. The third-order valence-electron chi connectivity index (χ3n) is 11.1. The Morgan fingerprint density at radius 2 is 0.830 bits per heavy atom. The van der Waals surface area contributed by atoms with Crippen LogP contribution in [0.1, 0.15) is 0 Å². The lowest BCUT2D eigenvalue weighted by Crippen LogP contribution is -1.94. The summed E-state index contributed by atoms with van der Waals surface area (Å²) in [5.41, 5.74) is 11.4. The second-order valence-electron chi connectivity index (χ2n) is 13.9. The van der Waals surface area contributed by atoms with E-state index in [-0.39, 0.29) is 0 Å². The molecule has 11 rings (SSSR count). The van der Waals surface area contributed by atoms with E-state index in [1.807, 2.05) is 0 Å². The third-order valence-corrected chi connectivity index (χ3v) is 11.1. The molecule has 1 heterocycles. The Labute approximate surface area is 307 Å². The fraction of sp³-hybridized carbons (Fsp3) is 0. The molecule has 0 atom stereocenters. The summed E-state index contributed by atoms with van der Waals surface area (Å²) >= 11 is 0. The van der Waals surface area contributed by atoms with Gasteiger partial charge >= 0.3 is 0 Å². The molecule has 246 valence electrons. The molecule has 0 amide bonds. The smallest absolute Gasteiger partial charge is 0.143 e. The van der Waals surface area contributed by atoms with Crippen molar-refractivity contribution < 1.29 is 4.42 Å². The van der Waals surface area contributed by atoms with Crippen molar-refractivity contribution in [2.75, 3.05) is 0 Å². The minimum absolute atomic E-state index is 0.894. The van der Waals surface area contributed by atoms with Gasteiger partial charge in [0.15, 0.2) is 0 Å². The molecule has 10 aromatic carbocycles. The zero-order chi connectivity index (χ0) is 34.9. The third kappa shape index (κ3) is 4.51. The molecule has 0 unspecified atom stereocenters. The standard InChI is InChI=1S/C52H32O/c1-3-15-33(16-4-1)37-24-13-27-45-48(46-32-31-38(34-17-5-2-6-18-34)52-51(46)44-23-11-12-28-47(44)53-52)42-21-9-10-22-43(42)50(49(37)45)41-26-14-25-39-36-20-8-7-19-35(36)29-30-40(39)41/h1-32H. The first-order valence-corrected chi connectivity index (χ1v) is 18.3. The van der Waals surface area contributed by atoms with Crippen LogP contribution in [0.15, 0.2) is 199 Å². The van der Waals surface area contributed by atoms with Gasteiger partial charge < -0.3 is 4.42 Å². The van der Waals surface area contributed by atoms with Crippen molar-refractivity contribution in [1.82, 2.24) is 0 Å². The predicted octanol–water partition coefficient (Wildman–Crippen LogP) is 14.9. The molecule has 53 heavy (non-hydrogen) atoms. The van der Waals surface area contributed by atoms with Gasteiger partial charge in [-0.1, -0.05) is 182 Å². The van der Waals surface area contributed by atoms with Gasteiger partial charge in [-0.3, -0.25) is 0 Å². The first-order valence-electron chi connectivity index (χ1n) is 18.3. The quantitative estimate of drug-likeness (QED) is 0.134. The van der Waals surface area contributed by atoms with Crippen molar-refractivity contribution in [2.24, 2.45) is 0 Å². The van der Waals surface area contributed by atoms with Crippen LogP contribution in [0.3, 0.4) is 0 Å². The van der Waals surface area contributed by atoms with E-state index in [0.29, 0.717) is 0 Å². The summed E-state index contributed by atoms with van der Waals surface area (Å²) in [6.07, 6.45) is 0. The minimum Gasteiger partial charge on any atom is -0.455 e. The Morgan fingerprint density at radius 1 is 0.264 bits per heavy atom. The van der Waals surface area contributed by atoms with Gasteiger partial charge in [0.1, 0.15) is 11.2 Å². The van der Waals surface area contributed by atoms with Crippen LogP contribution in [0.4, 0.5) is 0 Å². The Kier molecular flexibility index (Phi) is 6.62. The van der Waals surface area contributed by atoms with Crippen LogP contribution in [0, 0.1) is 0 Å². The predicted molar refractivity (Wildman–Crippen MR) is 225 cm³/mol. The summed E-state index contributed by atoms with van der Waals surface area (Å²) in [6, 6.07) is 70.5. The lowest BCUT2D eigenvalue weighted by atomic mass is 9.81. The molecule has 0 spiro atoms. The zero-order valence-electron chi connectivity index (χ0n) is 28.9. The fourth-order valence-corrected chi connectivity index (χ4v) is 8.80. The SMILES string of the molecule is c1ccc(-c2ccc(-c3c4ccccc4c(-c4cccc5c4ccc4ccccc45)c4c(-c5ccccc5)cccc34)c3c2oc2ccccc23)cc1. The molecule has 0 saturated carbocycles. The van der Waals surface area contributed by atoms with Crippen LogP contribution in [0.2, 0.25) is 0 Å². The molecule has 0 aliphatic carbocycles. The highest BCUT2D eigenvalue weighted by molar-refractivity contribution is 6.30. The molecule has 0 bridgehead atoms. The molecule has 0 fully saturated rings. The fourth-order valence-electron chi connectivity index (χ4n) is 8.80. The second-order valence-corrected chi connectivity index (χ2v) is 13.9. The molecule has 0 N–H and O–H groups in total. The Hall–Kier alpha value is -6.96. The number of hydrogen-bond acceptors (Lipinski definition) is 1. The number of rotatable bonds is 4. The second kappa shape index (κ2) is 11.8. The van der Waals surface area contributed by atoms with Crippen molar-refractivity contribution in [3.63, 3.8) is 0 Å². The van der Waals surface area contributed by atoms with Gasteiger partial charge in [0.05, 0.1) is 0 Å². The van der Waals surface area contributed by atoms with Crippen LogP contribution in [-0.4, -0.2) is 0 Å². The van der Waals surface area contributed by atoms with E-state index in [1.54, 1.807) is 0 Å². The number of hydrogen-bond donors (Lipinski definition) is 0. The normalized spacial score (nSPS) is 11.8. The van der Waals surface area contributed by atoms with Crippen molar-refractivity contribution in [2.45, 2.75) is 0 Å². The summed E-state index contributed by atoms with van der Waals surface area (Å²) < 4.78 is 6.79. The Morgan fingerprint density at radius 3 is 1.60 bits per heavy atom. The van der Waals surface area contributed by atoms with E-state index in [4.69, 9.17) is 4.42 Å². The molecule has 1 heteroatoms. The Balaban J connectivity index is 1.34. The van der Waals surface area contributed by atoms with E-state index >= 15 is 0 Å². The molecule has 11 aromatic rings. The van der Waals surface area contributed by atoms with E-state index in [2.05, 4.69) is 194 Å². The van der Waals surface area contributed by atoms with Crippen LogP contribution < -0.4 is 0 Å². The number of benzene rings is 10. The van der Waals surface area contributed by atoms with Crippen molar-refractivity contribution >= 4 is 65.0 Å². The van der Waals surface area contributed by atoms with Gasteiger partial charge in [-0.25, -0.2) is 0 Å². The maximum Gasteiger partial charge on any atom is 0.143 e. The lowest BCUT2D eigenvalue weighted by Gasteiger charge is -2.22. The summed E-state index contributed by atoms with van der Waals surface area (Å²) in [5, 5.41) is 12.2. The van der Waals surface area contributed by atoms with E-state index < -0.39 is 0 Å².